The van der Waals surface area contributed by atoms with Crippen molar-refractivity contribution >= 4 is 29.3 Å². The highest BCUT2D eigenvalue weighted by Gasteiger charge is 2.74. The van der Waals surface area contributed by atoms with E-state index >= 15 is 0 Å². The molecule has 4 saturated carbocycles. The molecule has 2 unspecified atom stereocenters. The van der Waals surface area contributed by atoms with E-state index in [1.807, 2.05) is 12.1 Å². The Morgan fingerprint density at radius 3 is 2.24 bits per heavy atom. The van der Waals surface area contributed by atoms with Gasteiger partial charge in [0.25, 0.3) is 0 Å². The van der Waals surface area contributed by atoms with Gasteiger partial charge in [-0.05, 0) is 142 Å². The summed E-state index contributed by atoms with van der Waals surface area (Å²) in [6.45, 7) is 24.8. The molecule has 0 aliphatic heterocycles. The van der Waals surface area contributed by atoms with E-state index in [2.05, 4.69) is 84.3 Å². The number of carboxylic acids is 1. The number of nitrogens with zero attached hydrogens (tertiary/aromatic N) is 3. The molecule has 0 saturated heterocycles. The lowest BCUT2D eigenvalue weighted by molar-refractivity contribution is -0.252. The van der Waals surface area contributed by atoms with Crippen LogP contribution in [0.1, 0.15) is 139 Å². The molecule has 324 valence electrons. The van der Waals surface area contributed by atoms with Gasteiger partial charge in [0.2, 0.25) is 0 Å². The summed E-state index contributed by atoms with van der Waals surface area (Å²) in [6, 6.07) is 3.83. The summed E-state index contributed by atoms with van der Waals surface area (Å²) in [7, 11) is 4.14. The topological polar surface area (TPSA) is 120 Å². The third kappa shape index (κ3) is 7.21. The first kappa shape index (κ1) is 45.2. The minimum atomic E-state index is -1.18. The molecule has 5 aliphatic rings. The lowest BCUT2D eigenvalue weighted by Crippen LogP contribution is -2.69. The largest absolute Gasteiger partial charge is 0.481 e. The molecule has 0 aromatic carbocycles. The zero-order valence-electron chi connectivity index (χ0n) is 37.8. The van der Waals surface area contributed by atoms with E-state index in [4.69, 9.17) is 16.3 Å². The minimum Gasteiger partial charge on any atom is -0.481 e. The number of pyridine rings is 1. The van der Waals surface area contributed by atoms with Crippen LogP contribution in [0.3, 0.4) is 0 Å². The van der Waals surface area contributed by atoms with Crippen molar-refractivity contribution in [2.45, 2.75) is 152 Å². The summed E-state index contributed by atoms with van der Waals surface area (Å²) in [5, 5.41) is 23.0. The van der Waals surface area contributed by atoms with E-state index in [0.29, 0.717) is 36.4 Å². The van der Waals surface area contributed by atoms with Gasteiger partial charge < -0.3 is 19.8 Å². The van der Waals surface area contributed by atoms with E-state index in [1.54, 1.807) is 20.0 Å². The molecule has 1 aromatic heterocycles. The zero-order valence-corrected chi connectivity index (χ0v) is 38.5. The zero-order chi connectivity index (χ0) is 43.0. The molecule has 0 amide bonds. The highest BCUT2D eigenvalue weighted by molar-refractivity contribution is 6.30. The van der Waals surface area contributed by atoms with Gasteiger partial charge >= 0.3 is 11.9 Å². The second-order valence-electron chi connectivity index (χ2n) is 22.2. The number of aliphatic carboxylic acids is 1. The third-order valence-corrected chi connectivity index (χ3v) is 17.9. The fourth-order valence-corrected chi connectivity index (χ4v) is 14.3. The molecule has 58 heavy (non-hydrogen) atoms. The number of carboxylic acid groups (broad SMARTS) is 1. The SMILES string of the molecule is CC(C)C1=C2C(C(O)CN(CCN(C)C)Cc3ccc(Cl)cn3)(CC[C@]3(C)[C@]2(C)CC[C@@H]2[C@@]4(C)CC[C@H](OC(=O)CC(C)(C)C(=O)O)C(C)(C)[C@@H]4CC[C@]23C)CC1=O. The van der Waals surface area contributed by atoms with E-state index < -0.39 is 28.9 Å². The van der Waals surface area contributed by atoms with Crippen LogP contribution in [0.15, 0.2) is 29.5 Å². The molecule has 0 spiro atoms. The first-order chi connectivity index (χ1) is 26.8. The Balaban J connectivity index is 1.32. The summed E-state index contributed by atoms with van der Waals surface area (Å²) in [4.78, 5) is 48.5. The van der Waals surface area contributed by atoms with Crippen LogP contribution < -0.4 is 0 Å². The third-order valence-electron chi connectivity index (χ3n) is 17.7. The van der Waals surface area contributed by atoms with Crippen LogP contribution >= 0.6 is 11.6 Å². The predicted molar refractivity (Wildman–Crippen MR) is 229 cm³/mol. The number of ketones is 1. The maximum absolute atomic E-state index is 14.4. The second-order valence-corrected chi connectivity index (χ2v) is 22.6. The number of aliphatic hydroxyl groups is 1. The number of hydrogen-bond donors (Lipinski definition) is 2. The van der Waals surface area contributed by atoms with Crippen LogP contribution in [-0.2, 0) is 25.7 Å². The van der Waals surface area contributed by atoms with Crippen molar-refractivity contribution < 1.29 is 29.3 Å². The van der Waals surface area contributed by atoms with E-state index in [9.17, 15) is 24.6 Å². The Labute approximate surface area is 354 Å². The number of Topliss-reactive ketones (excluding diaryl/α,β-unsaturated/α-hetero) is 1. The molecule has 1 aromatic rings. The number of carbonyl (C=O) groups excluding carboxylic acids is 2. The van der Waals surface area contributed by atoms with Crippen LogP contribution in [-0.4, -0.2) is 88.7 Å². The van der Waals surface area contributed by atoms with E-state index in [0.717, 1.165) is 75.7 Å². The van der Waals surface area contributed by atoms with Crippen molar-refractivity contribution in [1.29, 1.82) is 0 Å². The van der Waals surface area contributed by atoms with Crippen molar-refractivity contribution in [3.05, 3.63) is 40.2 Å². The summed E-state index contributed by atoms with van der Waals surface area (Å²) in [5.41, 5.74) is 0.747. The van der Waals surface area contributed by atoms with Crippen molar-refractivity contribution in [2.24, 2.45) is 55.7 Å². The number of aromatic nitrogens is 1. The number of carbonyl (C=O) groups is 3. The molecule has 2 N–H and O–H groups in total. The Morgan fingerprint density at radius 2 is 1.64 bits per heavy atom. The summed E-state index contributed by atoms with van der Waals surface area (Å²) in [5.74, 6) is -0.339. The molecule has 9 atom stereocenters. The van der Waals surface area contributed by atoms with Crippen molar-refractivity contribution in [3.63, 3.8) is 0 Å². The van der Waals surface area contributed by atoms with Gasteiger partial charge in [-0.15, -0.1) is 0 Å². The lowest BCUT2D eigenvalue weighted by atomic mass is 9.29. The monoisotopic (exact) mass is 824 g/mol. The molecule has 0 bridgehead atoms. The van der Waals surface area contributed by atoms with Gasteiger partial charge in [0, 0.05) is 49.6 Å². The number of hydrogen-bond acceptors (Lipinski definition) is 8. The van der Waals surface area contributed by atoms with Gasteiger partial charge in [-0.1, -0.05) is 67.0 Å². The normalized spacial score (nSPS) is 36.4. The molecule has 5 aliphatic carbocycles. The van der Waals surface area contributed by atoms with Gasteiger partial charge in [0.15, 0.2) is 5.78 Å². The Kier molecular flexibility index (Phi) is 12.1. The molecule has 9 nitrogen and oxygen atoms in total. The predicted octanol–water partition coefficient (Wildman–Crippen LogP) is 9.24. The van der Waals surface area contributed by atoms with Crippen LogP contribution in [0.4, 0.5) is 0 Å². The number of likely N-dealkylation sites (N-methyl/N-ethyl adjacent to an activating group) is 1. The van der Waals surface area contributed by atoms with E-state index in [1.165, 1.54) is 5.57 Å². The van der Waals surface area contributed by atoms with Crippen molar-refractivity contribution in [3.8, 4) is 0 Å². The number of rotatable bonds is 13. The number of ether oxygens (including phenoxy) is 1. The van der Waals surface area contributed by atoms with Gasteiger partial charge in [-0.3, -0.25) is 24.3 Å². The Bertz CT molecular complexity index is 1790. The smallest absolute Gasteiger partial charge is 0.309 e. The number of allylic oxidation sites excluding steroid dienone is 1. The Morgan fingerprint density at radius 1 is 0.966 bits per heavy atom. The summed E-state index contributed by atoms with van der Waals surface area (Å²) < 4.78 is 6.21. The molecular formula is C48H74ClN3O6. The maximum atomic E-state index is 14.4. The van der Waals surface area contributed by atoms with Crippen LogP contribution in [0.25, 0.3) is 0 Å². The standard InChI is InChI=1S/C48H74ClN3O6/c1-30(2)39-33(53)25-48(36(54)29-52(24-23-51(11)12)28-32-14-13-31(49)27-50-32)22-21-47(10)45(8)19-15-34-43(5,6)37(58-38(55)26-42(3,4)41(56)57)17-18-44(34,7)35(45)16-20-46(47,9)40(39)48/h13-14,27,30,34-37,54H,15-26,28-29H2,1-12H3,(H,56,57)/t34-,35+,36?,37-,44-,45+,46+,47-,48?/m0/s1. The molecule has 6 rings (SSSR count). The first-order valence-electron chi connectivity index (χ1n) is 22.2. The fourth-order valence-electron chi connectivity index (χ4n) is 14.2. The molecular weight excluding hydrogens is 750 g/mol. The van der Waals surface area contributed by atoms with Gasteiger partial charge in [0.1, 0.15) is 6.10 Å². The quantitative estimate of drug-likeness (QED) is 0.188. The highest BCUT2D eigenvalue weighted by atomic mass is 35.5. The molecule has 1 heterocycles. The summed E-state index contributed by atoms with van der Waals surface area (Å²) in [6.07, 6.45) is 8.52. The molecule has 4 fully saturated rings. The fraction of sp³-hybridized carbons (Fsp3) is 0.792. The maximum Gasteiger partial charge on any atom is 0.309 e. The van der Waals surface area contributed by atoms with Crippen molar-refractivity contribution in [1.82, 2.24) is 14.8 Å². The number of halogens is 1. The number of fused-ring (bicyclic) bond motifs is 7. The first-order valence-corrected chi connectivity index (χ1v) is 22.5. The van der Waals surface area contributed by atoms with Gasteiger partial charge in [-0.25, -0.2) is 0 Å². The average molecular weight is 825 g/mol. The molecule has 0 radical (unpaired) electrons. The average Bonchev–Trinajstić information content (AvgIpc) is 3.44. The van der Waals surface area contributed by atoms with Crippen molar-refractivity contribution in [2.75, 3.05) is 33.7 Å². The van der Waals surface area contributed by atoms with Crippen LogP contribution in [0.2, 0.25) is 5.02 Å². The second kappa shape index (κ2) is 15.5. The lowest BCUT2D eigenvalue weighted by Gasteiger charge is -2.75. The van der Waals surface area contributed by atoms with Gasteiger partial charge in [0.05, 0.1) is 28.7 Å². The Hall–Kier alpha value is -2.33. The number of aliphatic hydroxyl groups excluding tert-OH is 1. The van der Waals surface area contributed by atoms with Crippen LogP contribution in [0, 0.1) is 55.7 Å². The number of esters is 1. The highest BCUT2D eigenvalue weighted by Crippen LogP contribution is 2.80. The van der Waals surface area contributed by atoms with Crippen LogP contribution in [0.5, 0.6) is 0 Å². The molecule has 10 heteroatoms. The van der Waals surface area contributed by atoms with E-state index in [-0.39, 0.29) is 51.3 Å². The summed E-state index contributed by atoms with van der Waals surface area (Å²) >= 11 is 6.19. The van der Waals surface area contributed by atoms with Gasteiger partial charge in [-0.2, -0.15) is 0 Å². The minimum absolute atomic E-state index is 0.00775.